The summed E-state index contributed by atoms with van der Waals surface area (Å²) in [6, 6.07) is 6.41. The van der Waals surface area contributed by atoms with Gasteiger partial charge in [-0.15, -0.1) is 0 Å². The molecule has 0 aromatic heterocycles. The van der Waals surface area contributed by atoms with Gasteiger partial charge >= 0.3 is 6.09 Å². The first kappa shape index (κ1) is 21.8. The van der Waals surface area contributed by atoms with Crippen molar-refractivity contribution in [1.82, 2.24) is 10.6 Å². The van der Waals surface area contributed by atoms with Gasteiger partial charge in [0.05, 0.1) is 0 Å². The molecule has 0 fully saturated rings. The molecule has 0 aliphatic rings. The quantitative estimate of drug-likeness (QED) is 0.617. The van der Waals surface area contributed by atoms with E-state index >= 15 is 0 Å². The maximum atomic E-state index is 12.5. The Morgan fingerprint density at radius 2 is 1.81 bits per heavy atom. The summed E-state index contributed by atoms with van der Waals surface area (Å²) in [5.41, 5.74) is 0.493. The highest BCUT2D eigenvalue weighted by atomic mass is 16.6. The Hall–Kier alpha value is -2.24. The number of aromatic hydroxyl groups is 1. The van der Waals surface area contributed by atoms with Gasteiger partial charge in [0.25, 0.3) is 0 Å². The SMILES string of the molecule is CCC(C)C(NC(=O)OC(C)(C)C)C(=O)NCCCc1ccc(O)cc1. The number of aryl methyl sites for hydroxylation is 1. The topological polar surface area (TPSA) is 87.7 Å². The lowest BCUT2D eigenvalue weighted by atomic mass is 9.98. The maximum absolute atomic E-state index is 12.5. The van der Waals surface area contributed by atoms with E-state index in [1.807, 2.05) is 26.0 Å². The summed E-state index contributed by atoms with van der Waals surface area (Å²) < 4.78 is 5.26. The van der Waals surface area contributed by atoms with Crippen molar-refractivity contribution >= 4 is 12.0 Å². The Morgan fingerprint density at radius 1 is 1.19 bits per heavy atom. The van der Waals surface area contributed by atoms with Crippen LogP contribution in [-0.2, 0) is 16.0 Å². The lowest BCUT2D eigenvalue weighted by Crippen LogP contribution is -2.51. The standard InChI is InChI=1S/C20H32N2O4/c1-6-14(2)17(22-19(25)26-20(3,4)5)18(24)21-13-7-8-15-9-11-16(23)12-10-15/h9-12,14,17,23H,6-8,13H2,1-5H3,(H,21,24)(H,22,25). The highest BCUT2D eigenvalue weighted by Crippen LogP contribution is 2.12. The van der Waals surface area contributed by atoms with E-state index in [1.165, 1.54) is 0 Å². The van der Waals surface area contributed by atoms with Crippen molar-refractivity contribution < 1.29 is 19.4 Å². The van der Waals surface area contributed by atoms with Crippen LogP contribution in [0.4, 0.5) is 4.79 Å². The highest BCUT2D eigenvalue weighted by molar-refractivity contribution is 5.85. The molecule has 1 aromatic rings. The molecule has 0 saturated heterocycles. The first-order valence-electron chi connectivity index (χ1n) is 9.17. The zero-order valence-corrected chi connectivity index (χ0v) is 16.5. The Bertz CT molecular complexity index is 578. The summed E-state index contributed by atoms with van der Waals surface area (Å²) in [6.45, 7) is 9.78. The fourth-order valence-corrected chi connectivity index (χ4v) is 2.41. The first-order chi connectivity index (χ1) is 12.1. The van der Waals surface area contributed by atoms with Gasteiger partial charge in [0, 0.05) is 6.54 Å². The van der Waals surface area contributed by atoms with E-state index in [4.69, 9.17) is 4.74 Å². The normalized spacial score (nSPS) is 13.6. The van der Waals surface area contributed by atoms with E-state index < -0.39 is 17.7 Å². The number of phenolic OH excluding ortho intramolecular Hbond substituents is 1. The average molecular weight is 364 g/mol. The minimum absolute atomic E-state index is 0.000355. The van der Waals surface area contributed by atoms with E-state index in [1.54, 1.807) is 32.9 Å². The Kier molecular flexibility index (Phi) is 8.42. The number of carbonyl (C=O) groups excluding carboxylic acids is 2. The minimum Gasteiger partial charge on any atom is -0.508 e. The van der Waals surface area contributed by atoms with Gasteiger partial charge < -0.3 is 20.5 Å². The molecule has 0 heterocycles. The molecule has 0 aliphatic carbocycles. The molecule has 1 aromatic carbocycles. The fraction of sp³-hybridized carbons (Fsp3) is 0.600. The van der Waals surface area contributed by atoms with Crippen molar-refractivity contribution in [3.63, 3.8) is 0 Å². The fourth-order valence-electron chi connectivity index (χ4n) is 2.41. The van der Waals surface area contributed by atoms with Gasteiger partial charge in [0.1, 0.15) is 17.4 Å². The third-order valence-electron chi connectivity index (χ3n) is 4.05. The van der Waals surface area contributed by atoms with Crippen LogP contribution in [0, 0.1) is 5.92 Å². The zero-order valence-electron chi connectivity index (χ0n) is 16.5. The molecule has 1 rings (SSSR count). The van der Waals surface area contributed by atoms with E-state index in [2.05, 4.69) is 10.6 Å². The Labute approximate surface area is 156 Å². The number of phenols is 1. The number of alkyl carbamates (subject to hydrolysis) is 1. The summed E-state index contributed by atoms with van der Waals surface area (Å²) in [4.78, 5) is 24.5. The smallest absolute Gasteiger partial charge is 0.408 e. The number of nitrogens with one attached hydrogen (secondary N) is 2. The zero-order chi connectivity index (χ0) is 19.7. The monoisotopic (exact) mass is 364 g/mol. The summed E-state index contributed by atoms with van der Waals surface area (Å²) >= 11 is 0. The predicted octanol–water partition coefficient (Wildman–Crippen LogP) is 3.38. The van der Waals surface area contributed by atoms with Gasteiger partial charge in [-0.3, -0.25) is 4.79 Å². The second kappa shape index (κ2) is 10.0. The largest absolute Gasteiger partial charge is 0.508 e. The van der Waals surface area contributed by atoms with Gasteiger partial charge in [0.15, 0.2) is 0 Å². The second-order valence-corrected chi connectivity index (χ2v) is 7.57. The lowest BCUT2D eigenvalue weighted by Gasteiger charge is -2.26. The van der Waals surface area contributed by atoms with E-state index in [0.29, 0.717) is 6.54 Å². The van der Waals surface area contributed by atoms with E-state index in [-0.39, 0.29) is 17.6 Å². The molecule has 3 N–H and O–H groups in total. The second-order valence-electron chi connectivity index (χ2n) is 7.57. The number of carbonyl (C=O) groups is 2. The van der Waals surface area contributed by atoms with Crippen LogP contribution in [0.3, 0.4) is 0 Å². The van der Waals surface area contributed by atoms with Crippen molar-refractivity contribution in [2.24, 2.45) is 5.92 Å². The molecular formula is C20H32N2O4. The molecular weight excluding hydrogens is 332 g/mol. The van der Waals surface area contributed by atoms with Crippen LogP contribution >= 0.6 is 0 Å². The van der Waals surface area contributed by atoms with Crippen LogP contribution in [0.2, 0.25) is 0 Å². The maximum Gasteiger partial charge on any atom is 0.408 e. The Morgan fingerprint density at radius 3 is 2.35 bits per heavy atom. The van der Waals surface area contributed by atoms with Crippen LogP contribution in [0.1, 0.15) is 53.0 Å². The molecule has 6 heteroatoms. The van der Waals surface area contributed by atoms with E-state index in [0.717, 1.165) is 24.8 Å². The molecule has 2 unspecified atom stereocenters. The number of benzene rings is 1. The number of amides is 2. The number of hydrogen-bond acceptors (Lipinski definition) is 4. The van der Waals surface area contributed by atoms with Crippen LogP contribution in [0.5, 0.6) is 5.75 Å². The van der Waals surface area contributed by atoms with Crippen molar-refractivity contribution in [2.45, 2.75) is 65.5 Å². The molecule has 2 atom stereocenters. The molecule has 0 aliphatic heterocycles. The van der Waals surface area contributed by atoms with Gasteiger partial charge in [-0.25, -0.2) is 4.79 Å². The van der Waals surface area contributed by atoms with Crippen molar-refractivity contribution in [1.29, 1.82) is 0 Å². The van der Waals surface area contributed by atoms with Crippen LogP contribution in [0.15, 0.2) is 24.3 Å². The molecule has 6 nitrogen and oxygen atoms in total. The summed E-state index contributed by atoms with van der Waals surface area (Å²) in [5, 5.41) is 14.9. The third kappa shape index (κ3) is 8.23. The summed E-state index contributed by atoms with van der Waals surface area (Å²) in [6.07, 6.45) is 1.76. The van der Waals surface area contributed by atoms with Crippen molar-refractivity contribution in [3.05, 3.63) is 29.8 Å². The molecule has 146 valence electrons. The van der Waals surface area contributed by atoms with Crippen LogP contribution in [0.25, 0.3) is 0 Å². The number of rotatable bonds is 8. The van der Waals surface area contributed by atoms with Gasteiger partial charge in [0.2, 0.25) is 5.91 Å². The number of ether oxygens (including phenoxy) is 1. The molecule has 0 spiro atoms. The first-order valence-corrected chi connectivity index (χ1v) is 9.17. The van der Waals surface area contributed by atoms with Gasteiger partial charge in [-0.05, 0) is 57.2 Å². The molecule has 26 heavy (non-hydrogen) atoms. The summed E-state index contributed by atoms with van der Waals surface area (Å²) in [7, 11) is 0. The molecule has 2 amide bonds. The average Bonchev–Trinajstić information content (AvgIpc) is 2.55. The third-order valence-corrected chi connectivity index (χ3v) is 4.05. The van der Waals surface area contributed by atoms with E-state index in [9.17, 15) is 14.7 Å². The summed E-state index contributed by atoms with van der Waals surface area (Å²) in [5.74, 6) is 0.0437. The predicted molar refractivity (Wildman–Crippen MR) is 102 cm³/mol. The molecule has 0 radical (unpaired) electrons. The Balaban J connectivity index is 2.49. The lowest BCUT2D eigenvalue weighted by molar-refractivity contribution is -0.124. The van der Waals surface area contributed by atoms with Crippen LogP contribution < -0.4 is 10.6 Å². The minimum atomic E-state index is -0.622. The van der Waals surface area contributed by atoms with Gasteiger partial charge in [-0.1, -0.05) is 32.4 Å². The molecule has 0 saturated carbocycles. The van der Waals surface area contributed by atoms with Gasteiger partial charge in [-0.2, -0.15) is 0 Å². The van der Waals surface area contributed by atoms with Crippen molar-refractivity contribution in [2.75, 3.05) is 6.54 Å². The molecule has 0 bridgehead atoms. The van der Waals surface area contributed by atoms with Crippen molar-refractivity contribution in [3.8, 4) is 5.75 Å². The highest BCUT2D eigenvalue weighted by Gasteiger charge is 2.27. The number of hydrogen-bond donors (Lipinski definition) is 3. The van der Waals surface area contributed by atoms with Crippen LogP contribution in [-0.4, -0.2) is 35.3 Å².